The monoisotopic (exact) mass is 197 g/mol. The highest BCUT2D eigenvalue weighted by molar-refractivity contribution is 7.98. The van der Waals surface area contributed by atoms with Crippen LogP contribution in [-0.4, -0.2) is 35.8 Å². The minimum atomic E-state index is 0.619. The minimum Gasteiger partial charge on any atom is -0.262 e. The third-order valence-corrected chi connectivity index (χ3v) is 2.14. The Morgan fingerprint density at radius 3 is 2.92 bits per heavy atom. The largest absolute Gasteiger partial charge is 0.262 e. The van der Waals surface area contributed by atoms with Gasteiger partial charge in [-0.05, 0) is 6.92 Å². The van der Waals surface area contributed by atoms with E-state index in [1.165, 1.54) is 11.8 Å². The number of hydrogen-bond donors (Lipinski definition) is 2. The van der Waals surface area contributed by atoms with Gasteiger partial charge in [0.05, 0.1) is 5.75 Å². The summed E-state index contributed by atoms with van der Waals surface area (Å²) >= 11 is 1.46. The van der Waals surface area contributed by atoms with E-state index >= 15 is 0 Å². The Balaban J connectivity index is 1.93. The molecular weight excluding hydrogens is 190 g/mol. The molecule has 0 unspecified atom stereocenters. The van der Waals surface area contributed by atoms with Crippen LogP contribution in [0.5, 0.6) is 0 Å². The lowest BCUT2D eigenvalue weighted by Crippen LogP contribution is -1.85. The first-order chi connectivity index (χ1) is 6.34. The van der Waals surface area contributed by atoms with Crippen molar-refractivity contribution in [2.45, 2.75) is 17.8 Å². The van der Waals surface area contributed by atoms with E-state index in [2.05, 4.69) is 35.8 Å². The zero-order valence-corrected chi connectivity index (χ0v) is 7.67. The molecule has 2 aromatic heterocycles. The molecular formula is C5H7N7S. The molecule has 13 heavy (non-hydrogen) atoms. The van der Waals surface area contributed by atoms with Crippen LogP contribution in [-0.2, 0) is 5.75 Å². The highest BCUT2D eigenvalue weighted by Crippen LogP contribution is 2.15. The Hall–Kier alpha value is -1.44. The van der Waals surface area contributed by atoms with Crippen molar-refractivity contribution in [3.8, 4) is 0 Å². The fraction of sp³-hybridized carbons (Fsp3) is 0.400. The molecule has 0 bridgehead atoms. The predicted octanol–water partition coefficient (Wildman–Crippen LogP) is -0.0815. The van der Waals surface area contributed by atoms with Crippen LogP contribution in [0.15, 0.2) is 5.16 Å². The quantitative estimate of drug-likeness (QED) is 0.668. The van der Waals surface area contributed by atoms with E-state index in [-0.39, 0.29) is 0 Å². The standard InChI is InChI=1S/C5H7N7S/c1-3-6-5(10-7-3)13-2-4-8-11-12-9-4/h2H2,1H3,(H,6,7,10)(H,8,9,11,12). The summed E-state index contributed by atoms with van der Waals surface area (Å²) in [5.41, 5.74) is 0. The van der Waals surface area contributed by atoms with Crippen LogP contribution >= 0.6 is 11.8 Å². The second-order valence-corrected chi connectivity index (χ2v) is 3.26. The van der Waals surface area contributed by atoms with Crippen LogP contribution in [0.1, 0.15) is 11.6 Å². The minimum absolute atomic E-state index is 0.619. The summed E-state index contributed by atoms with van der Waals surface area (Å²) < 4.78 is 0. The lowest BCUT2D eigenvalue weighted by atomic mass is 10.8. The average molecular weight is 197 g/mol. The maximum absolute atomic E-state index is 4.12. The number of nitrogens with one attached hydrogen (secondary N) is 2. The Labute approximate surface area is 77.7 Å². The van der Waals surface area contributed by atoms with Crippen LogP contribution in [0.2, 0.25) is 0 Å². The molecule has 0 fully saturated rings. The fourth-order valence-electron chi connectivity index (χ4n) is 0.759. The van der Waals surface area contributed by atoms with Crippen molar-refractivity contribution in [3.63, 3.8) is 0 Å². The van der Waals surface area contributed by atoms with Crippen molar-refractivity contribution >= 4 is 11.8 Å². The number of H-pyrrole nitrogens is 2. The lowest BCUT2D eigenvalue weighted by molar-refractivity contribution is 0.881. The second kappa shape index (κ2) is 3.52. The van der Waals surface area contributed by atoms with Crippen LogP contribution in [0.25, 0.3) is 0 Å². The van der Waals surface area contributed by atoms with Gasteiger partial charge in [-0.15, -0.1) is 15.3 Å². The maximum Gasteiger partial charge on any atom is 0.208 e. The Morgan fingerprint density at radius 2 is 2.31 bits per heavy atom. The Morgan fingerprint density at radius 1 is 1.38 bits per heavy atom. The van der Waals surface area contributed by atoms with E-state index < -0.39 is 0 Å². The van der Waals surface area contributed by atoms with Gasteiger partial charge in [0.2, 0.25) is 5.16 Å². The number of nitrogens with zero attached hydrogens (tertiary/aromatic N) is 5. The van der Waals surface area contributed by atoms with Crippen molar-refractivity contribution < 1.29 is 0 Å². The van der Waals surface area contributed by atoms with Crippen LogP contribution in [0, 0.1) is 6.92 Å². The third kappa shape index (κ3) is 2.02. The van der Waals surface area contributed by atoms with Gasteiger partial charge in [0.25, 0.3) is 0 Å². The van der Waals surface area contributed by atoms with Gasteiger partial charge in [0, 0.05) is 0 Å². The highest BCUT2D eigenvalue weighted by Gasteiger charge is 2.03. The summed E-state index contributed by atoms with van der Waals surface area (Å²) in [5, 5.41) is 20.8. The summed E-state index contributed by atoms with van der Waals surface area (Å²) in [5.74, 6) is 2.07. The van der Waals surface area contributed by atoms with Gasteiger partial charge in [-0.2, -0.15) is 5.21 Å². The molecule has 0 atom stereocenters. The summed E-state index contributed by atoms with van der Waals surface area (Å²) in [6.07, 6.45) is 0. The van der Waals surface area contributed by atoms with Gasteiger partial charge in [-0.1, -0.05) is 17.0 Å². The molecule has 0 saturated carbocycles. The van der Waals surface area contributed by atoms with Crippen LogP contribution in [0.4, 0.5) is 0 Å². The normalized spacial score (nSPS) is 10.5. The molecule has 2 aromatic rings. The van der Waals surface area contributed by atoms with E-state index in [0.29, 0.717) is 16.7 Å². The topological polar surface area (TPSA) is 96.0 Å². The molecule has 2 rings (SSSR count). The first kappa shape index (κ1) is 8.17. The van der Waals surface area contributed by atoms with Crippen molar-refractivity contribution in [1.29, 1.82) is 0 Å². The number of thioether (sulfide) groups is 1. The molecule has 7 nitrogen and oxygen atoms in total. The molecule has 0 spiro atoms. The maximum atomic E-state index is 4.12. The van der Waals surface area contributed by atoms with Crippen molar-refractivity contribution in [1.82, 2.24) is 35.8 Å². The lowest BCUT2D eigenvalue weighted by Gasteiger charge is -1.88. The summed E-state index contributed by atoms with van der Waals surface area (Å²) in [7, 11) is 0. The van der Waals surface area contributed by atoms with E-state index in [9.17, 15) is 0 Å². The van der Waals surface area contributed by atoms with E-state index in [1.54, 1.807) is 0 Å². The number of aromatic amines is 2. The molecule has 68 valence electrons. The number of rotatable bonds is 3. The zero-order valence-electron chi connectivity index (χ0n) is 6.85. The van der Waals surface area contributed by atoms with Gasteiger partial charge in [-0.3, -0.25) is 5.10 Å². The van der Waals surface area contributed by atoms with Crippen molar-refractivity contribution in [3.05, 3.63) is 11.6 Å². The predicted molar refractivity (Wildman–Crippen MR) is 44.9 cm³/mol. The molecule has 2 heterocycles. The van der Waals surface area contributed by atoms with Crippen LogP contribution < -0.4 is 0 Å². The summed E-state index contributed by atoms with van der Waals surface area (Å²) in [6, 6.07) is 0. The van der Waals surface area contributed by atoms with Gasteiger partial charge < -0.3 is 0 Å². The fourth-order valence-corrected chi connectivity index (χ4v) is 1.45. The molecule has 8 heteroatoms. The second-order valence-electron chi connectivity index (χ2n) is 2.32. The summed E-state index contributed by atoms with van der Waals surface area (Å²) in [6.45, 7) is 1.85. The van der Waals surface area contributed by atoms with Gasteiger partial charge in [-0.25, -0.2) is 4.98 Å². The average Bonchev–Trinajstić information content (AvgIpc) is 2.71. The van der Waals surface area contributed by atoms with Crippen molar-refractivity contribution in [2.75, 3.05) is 0 Å². The molecule has 2 N–H and O–H groups in total. The third-order valence-electron chi connectivity index (χ3n) is 1.30. The van der Waals surface area contributed by atoms with Crippen molar-refractivity contribution in [2.24, 2.45) is 0 Å². The number of tetrazole rings is 1. The van der Waals surface area contributed by atoms with Gasteiger partial charge in [0.1, 0.15) is 5.82 Å². The SMILES string of the molecule is Cc1nc(SCc2nn[nH]n2)n[nH]1. The molecule has 0 saturated heterocycles. The van der Waals surface area contributed by atoms with Gasteiger partial charge >= 0.3 is 0 Å². The number of aromatic nitrogens is 7. The summed E-state index contributed by atoms with van der Waals surface area (Å²) in [4.78, 5) is 4.12. The number of hydrogen-bond acceptors (Lipinski definition) is 6. The van der Waals surface area contributed by atoms with E-state index in [0.717, 1.165) is 5.82 Å². The van der Waals surface area contributed by atoms with E-state index in [1.807, 2.05) is 6.92 Å². The Bertz CT molecular complexity index is 366. The molecule has 0 radical (unpaired) electrons. The van der Waals surface area contributed by atoms with Gasteiger partial charge in [0.15, 0.2) is 5.82 Å². The molecule has 0 aromatic carbocycles. The first-order valence-electron chi connectivity index (χ1n) is 3.59. The molecule has 0 aliphatic rings. The highest BCUT2D eigenvalue weighted by atomic mass is 32.2. The smallest absolute Gasteiger partial charge is 0.208 e. The first-order valence-corrected chi connectivity index (χ1v) is 4.57. The zero-order chi connectivity index (χ0) is 9.10. The van der Waals surface area contributed by atoms with E-state index in [4.69, 9.17) is 0 Å². The molecule has 0 aliphatic carbocycles. The number of aryl methyl sites for hydroxylation is 1. The molecule has 0 aliphatic heterocycles. The molecule has 0 amide bonds. The van der Waals surface area contributed by atoms with Crippen LogP contribution in [0.3, 0.4) is 0 Å². The Kier molecular flexibility index (Phi) is 2.21.